The summed E-state index contributed by atoms with van der Waals surface area (Å²) in [5.41, 5.74) is 0.475. The zero-order valence-electron chi connectivity index (χ0n) is 13.6. The van der Waals surface area contributed by atoms with Gasteiger partial charge in [0.25, 0.3) is 0 Å². The Labute approximate surface area is 123 Å². The number of hydrogen-bond acceptors (Lipinski definition) is 2. The minimum atomic E-state index is -0.252. The number of carbonyl (C=O) groups is 1. The van der Waals surface area contributed by atoms with Crippen molar-refractivity contribution in [3.63, 3.8) is 0 Å². The van der Waals surface area contributed by atoms with Crippen molar-refractivity contribution < 1.29 is 4.79 Å². The fraction of sp³-hybridized carbons (Fsp3) is 0.941. The second kappa shape index (κ2) is 4.46. The molecule has 2 bridgehead atoms. The summed E-state index contributed by atoms with van der Waals surface area (Å²) in [7, 11) is 0. The number of nitrogens with zero attached hydrogens (tertiary/aromatic N) is 1. The van der Waals surface area contributed by atoms with Crippen LogP contribution in [0.1, 0.15) is 66.2 Å². The van der Waals surface area contributed by atoms with E-state index in [-0.39, 0.29) is 5.54 Å². The minimum absolute atomic E-state index is 0.252. The summed E-state index contributed by atoms with van der Waals surface area (Å²) in [6, 6.07) is 0.474. The highest BCUT2D eigenvalue weighted by atomic mass is 16.2. The molecule has 114 valence electrons. The average molecular weight is 278 g/mol. The first kappa shape index (κ1) is 14.4. The van der Waals surface area contributed by atoms with Crippen LogP contribution in [0.3, 0.4) is 0 Å². The predicted octanol–water partition coefficient (Wildman–Crippen LogP) is 2.95. The number of carbonyl (C=O) groups excluding carboxylic acids is 1. The van der Waals surface area contributed by atoms with Crippen molar-refractivity contribution in [2.24, 2.45) is 10.8 Å². The maximum absolute atomic E-state index is 13.2. The van der Waals surface area contributed by atoms with Gasteiger partial charge in [-0.2, -0.15) is 0 Å². The Hall–Kier alpha value is -0.570. The van der Waals surface area contributed by atoms with Crippen LogP contribution in [0.4, 0.5) is 0 Å². The van der Waals surface area contributed by atoms with Gasteiger partial charge in [0.05, 0.1) is 5.54 Å². The SMILES string of the molecule is CCC1(C(=O)N2CC3(C)CC2CC(C)(C)C3)CCCN1. The van der Waals surface area contributed by atoms with Gasteiger partial charge >= 0.3 is 0 Å². The van der Waals surface area contributed by atoms with Crippen molar-refractivity contribution in [3.05, 3.63) is 0 Å². The topological polar surface area (TPSA) is 32.3 Å². The molecule has 2 aliphatic heterocycles. The summed E-state index contributed by atoms with van der Waals surface area (Å²) in [5, 5.41) is 3.52. The molecule has 3 aliphatic rings. The van der Waals surface area contributed by atoms with Crippen molar-refractivity contribution >= 4 is 5.91 Å². The molecule has 3 heteroatoms. The molecule has 3 atom stereocenters. The second-order valence-corrected chi connectivity index (χ2v) is 8.61. The number of fused-ring (bicyclic) bond motifs is 2. The Bertz CT molecular complexity index is 411. The van der Waals surface area contributed by atoms with Crippen molar-refractivity contribution in [1.82, 2.24) is 10.2 Å². The lowest BCUT2D eigenvalue weighted by molar-refractivity contribution is -0.139. The minimum Gasteiger partial charge on any atom is -0.338 e. The Morgan fingerprint density at radius 1 is 1.30 bits per heavy atom. The smallest absolute Gasteiger partial charge is 0.243 e. The zero-order valence-corrected chi connectivity index (χ0v) is 13.6. The number of likely N-dealkylation sites (tertiary alicyclic amines) is 1. The highest BCUT2D eigenvalue weighted by Gasteiger charge is 2.54. The molecule has 0 spiro atoms. The van der Waals surface area contributed by atoms with Gasteiger partial charge in [0.2, 0.25) is 5.91 Å². The summed E-state index contributed by atoms with van der Waals surface area (Å²) in [4.78, 5) is 15.4. The van der Waals surface area contributed by atoms with E-state index in [4.69, 9.17) is 0 Å². The third-order valence-corrected chi connectivity index (χ3v) is 5.93. The first-order chi connectivity index (χ1) is 9.29. The van der Waals surface area contributed by atoms with Gasteiger partial charge in [0.15, 0.2) is 0 Å². The molecule has 3 rings (SSSR count). The first-order valence-electron chi connectivity index (χ1n) is 8.35. The molecule has 1 amide bonds. The van der Waals surface area contributed by atoms with Crippen LogP contribution in [0.25, 0.3) is 0 Å². The van der Waals surface area contributed by atoms with Gasteiger partial charge in [-0.05, 0) is 55.9 Å². The highest BCUT2D eigenvalue weighted by molar-refractivity contribution is 5.87. The number of amides is 1. The Morgan fingerprint density at radius 3 is 2.65 bits per heavy atom. The zero-order chi connectivity index (χ0) is 14.6. The largest absolute Gasteiger partial charge is 0.338 e. The summed E-state index contributed by atoms with van der Waals surface area (Å²) in [6.07, 6.45) is 6.73. The van der Waals surface area contributed by atoms with E-state index in [1.54, 1.807) is 0 Å². The molecule has 1 aliphatic carbocycles. The van der Waals surface area contributed by atoms with Crippen molar-refractivity contribution in [3.8, 4) is 0 Å². The molecular weight excluding hydrogens is 248 g/mol. The van der Waals surface area contributed by atoms with Gasteiger partial charge in [0, 0.05) is 12.6 Å². The van der Waals surface area contributed by atoms with Gasteiger partial charge in [-0.15, -0.1) is 0 Å². The monoisotopic (exact) mass is 278 g/mol. The molecular formula is C17H30N2O. The van der Waals surface area contributed by atoms with Crippen LogP contribution in [-0.4, -0.2) is 35.5 Å². The van der Waals surface area contributed by atoms with Crippen molar-refractivity contribution in [1.29, 1.82) is 0 Å². The lowest BCUT2D eigenvalue weighted by Gasteiger charge is -2.40. The van der Waals surface area contributed by atoms with Crippen LogP contribution in [0.5, 0.6) is 0 Å². The van der Waals surface area contributed by atoms with Crippen molar-refractivity contribution in [2.45, 2.75) is 77.8 Å². The molecule has 3 nitrogen and oxygen atoms in total. The fourth-order valence-electron chi connectivity index (χ4n) is 5.41. The van der Waals surface area contributed by atoms with Crippen LogP contribution >= 0.6 is 0 Å². The van der Waals surface area contributed by atoms with E-state index in [1.807, 2.05) is 0 Å². The molecule has 2 saturated heterocycles. The normalized spacial score (nSPS) is 43.0. The first-order valence-corrected chi connectivity index (χ1v) is 8.35. The Morgan fingerprint density at radius 2 is 2.05 bits per heavy atom. The lowest BCUT2D eigenvalue weighted by atomic mass is 9.65. The van der Waals surface area contributed by atoms with Crippen LogP contribution in [0.15, 0.2) is 0 Å². The Kier molecular flexibility index (Phi) is 3.20. The van der Waals surface area contributed by atoms with Gasteiger partial charge in [-0.1, -0.05) is 27.7 Å². The van der Waals surface area contributed by atoms with E-state index >= 15 is 0 Å². The molecule has 1 saturated carbocycles. The molecule has 1 N–H and O–H groups in total. The van der Waals surface area contributed by atoms with E-state index < -0.39 is 0 Å². The summed E-state index contributed by atoms with van der Waals surface area (Å²) < 4.78 is 0. The van der Waals surface area contributed by atoms with Crippen LogP contribution < -0.4 is 5.32 Å². The summed E-state index contributed by atoms with van der Waals surface area (Å²) in [6.45, 7) is 11.3. The van der Waals surface area contributed by atoms with Crippen LogP contribution in [0.2, 0.25) is 0 Å². The third kappa shape index (κ3) is 2.18. The van der Waals surface area contributed by atoms with E-state index in [2.05, 4.69) is 37.9 Å². The van der Waals surface area contributed by atoms with Gasteiger partial charge in [0.1, 0.15) is 0 Å². The maximum Gasteiger partial charge on any atom is 0.243 e. The molecule has 0 aromatic heterocycles. The fourth-order valence-corrected chi connectivity index (χ4v) is 5.41. The standard InChI is InChI=1S/C17H30N2O/c1-5-17(7-6-8-18-17)14(20)19-12-16(4)10-13(19)9-15(2,3)11-16/h13,18H,5-12H2,1-4H3. The quantitative estimate of drug-likeness (QED) is 0.842. The number of rotatable bonds is 2. The van der Waals surface area contributed by atoms with E-state index in [0.29, 0.717) is 22.8 Å². The van der Waals surface area contributed by atoms with E-state index in [1.165, 1.54) is 19.3 Å². The Balaban J connectivity index is 1.83. The number of hydrogen-bond donors (Lipinski definition) is 1. The van der Waals surface area contributed by atoms with Gasteiger partial charge in [-0.25, -0.2) is 0 Å². The summed E-state index contributed by atoms with van der Waals surface area (Å²) in [5.74, 6) is 0.393. The predicted molar refractivity (Wildman–Crippen MR) is 81.5 cm³/mol. The van der Waals surface area contributed by atoms with Crippen molar-refractivity contribution in [2.75, 3.05) is 13.1 Å². The number of nitrogens with one attached hydrogen (secondary N) is 1. The summed E-state index contributed by atoms with van der Waals surface area (Å²) >= 11 is 0. The van der Waals surface area contributed by atoms with Crippen LogP contribution in [0, 0.1) is 10.8 Å². The highest BCUT2D eigenvalue weighted by Crippen LogP contribution is 2.53. The second-order valence-electron chi connectivity index (χ2n) is 8.61. The molecule has 2 heterocycles. The van der Waals surface area contributed by atoms with Gasteiger partial charge < -0.3 is 10.2 Å². The van der Waals surface area contributed by atoms with Crippen LogP contribution in [-0.2, 0) is 4.79 Å². The lowest BCUT2D eigenvalue weighted by Crippen LogP contribution is -2.55. The molecule has 3 fully saturated rings. The maximum atomic E-state index is 13.2. The van der Waals surface area contributed by atoms with Gasteiger partial charge in [-0.3, -0.25) is 4.79 Å². The molecule has 0 aromatic rings. The molecule has 0 radical (unpaired) electrons. The van der Waals surface area contributed by atoms with E-state index in [9.17, 15) is 4.79 Å². The average Bonchev–Trinajstić information content (AvgIpc) is 2.90. The van der Waals surface area contributed by atoms with E-state index in [0.717, 1.165) is 32.4 Å². The third-order valence-electron chi connectivity index (χ3n) is 5.93. The molecule has 0 aromatic carbocycles. The molecule has 3 unspecified atom stereocenters. The molecule has 20 heavy (non-hydrogen) atoms.